The maximum absolute atomic E-state index is 5.36. The zero-order valence-corrected chi connectivity index (χ0v) is 9.17. The van der Waals surface area contributed by atoms with Gasteiger partial charge in [-0.3, -0.25) is 0 Å². The Balaban J connectivity index is 2.69. The number of hydrogen-bond donors (Lipinski definition) is 1. The fourth-order valence-electron chi connectivity index (χ4n) is 0.884. The van der Waals surface area contributed by atoms with Crippen molar-refractivity contribution < 1.29 is 4.74 Å². The number of halogens is 1. The Hall–Kier alpha value is -0.290. The Morgan fingerprint density at radius 3 is 2.83 bits per heavy atom. The standard InChI is InChI=1S/C9H12INO/c1-7-6-8(12-5-4-11)2-3-9(7)10/h2-3,6H,4-5,11H2,1H3. The van der Waals surface area contributed by atoms with Crippen molar-refractivity contribution in [1.29, 1.82) is 0 Å². The third-order valence-electron chi connectivity index (χ3n) is 1.52. The van der Waals surface area contributed by atoms with Crippen LogP contribution < -0.4 is 10.5 Å². The molecule has 0 aromatic heterocycles. The zero-order valence-electron chi connectivity index (χ0n) is 7.01. The van der Waals surface area contributed by atoms with Gasteiger partial charge < -0.3 is 10.5 Å². The van der Waals surface area contributed by atoms with Crippen LogP contribution in [-0.4, -0.2) is 13.2 Å². The molecule has 0 bridgehead atoms. The number of hydrogen-bond acceptors (Lipinski definition) is 2. The third kappa shape index (κ3) is 2.64. The van der Waals surface area contributed by atoms with E-state index in [0.29, 0.717) is 13.2 Å². The Labute approximate surface area is 86.2 Å². The highest BCUT2D eigenvalue weighted by Crippen LogP contribution is 2.18. The number of rotatable bonds is 3. The molecule has 0 atom stereocenters. The van der Waals surface area contributed by atoms with E-state index in [2.05, 4.69) is 29.5 Å². The van der Waals surface area contributed by atoms with Crippen LogP contribution in [0.25, 0.3) is 0 Å². The summed E-state index contributed by atoms with van der Waals surface area (Å²) in [6.45, 7) is 3.21. The normalized spacial score (nSPS) is 9.92. The van der Waals surface area contributed by atoms with Gasteiger partial charge in [0.05, 0.1) is 0 Å². The number of ether oxygens (including phenoxy) is 1. The Bertz CT molecular complexity index is 263. The fourth-order valence-corrected chi connectivity index (χ4v) is 1.22. The lowest BCUT2D eigenvalue weighted by molar-refractivity contribution is 0.328. The van der Waals surface area contributed by atoms with Gasteiger partial charge in [0.2, 0.25) is 0 Å². The van der Waals surface area contributed by atoms with Crippen LogP contribution in [0.3, 0.4) is 0 Å². The molecule has 0 spiro atoms. The van der Waals surface area contributed by atoms with Gasteiger partial charge in [-0.15, -0.1) is 0 Å². The quantitative estimate of drug-likeness (QED) is 0.857. The minimum Gasteiger partial charge on any atom is -0.492 e. The molecule has 0 heterocycles. The largest absolute Gasteiger partial charge is 0.492 e. The van der Waals surface area contributed by atoms with Crippen molar-refractivity contribution in [2.75, 3.05) is 13.2 Å². The summed E-state index contributed by atoms with van der Waals surface area (Å²) in [5.74, 6) is 0.901. The second kappa shape index (κ2) is 4.67. The van der Waals surface area contributed by atoms with E-state index in [1.807, 2.05) is 18.2 Å². The maximum Gasteiger partial charge on any atom is 0.119 e. The molecular weight excluding hydrogens is 265 g/mol. The van der Waals surface area contributed by atoms with Gasteiger partial charge in [-0.2, -0.15) is 0 Å². The summed E-state index contributed by atoms with van der Waals surface area (Å²) in [4.78, 5) is 0. The zero-order chi connectivity index (χ0) is 8.97. The van der Waals surface area contributed by atoms with Crippen LogP contribution in [0.5, 0.6) is 5.75 Å². The molecule has 1 rings (SSSR count). The van der Waals surface area contributed by atoms with Gasteiger partial charge in [0.25, 0.3) is 0 Å². The van der Waals surface area contributed by atoms with Crippen molar-refractivity contribution in [2.24, 2.45) is 5.73 Å². The van der Waals surface area contributed by atoms with Gasteiger partial charge in [-0.05, 0) is 53.3 Å². The van der Waals surface area contributed by atoms with Gasteiger partial charge in [0.15, 0.2) is 0 Å². The molecular formula is C9H12INO. The first-order valence-electron chi connectivity index (χ1n) is 3.83. The lowest BCUT2D eigenvalue weighted by Gasteiger charge is -2.05. The lowest BCUT2D eigenvalue weighted by atomic mass is 10.2. The van der Waals surface area contributed by atoms with Crippen molar-refractivity contribution in [1.82, 2.24) is 0 Å². The van der Waals surface area contributed by atoms with Crippen LogP contribution >= 0.6 is 22.6 Å². The van der Waals surface area contributed by atoms with Crippen molar-refractivity contribution in [3.05, 3.63) is 27.3 Å². The minimum atomic E-state index is 0.561. The predicted octanol–water partition coefficient (Wildman–Crippen LogP) is 1.94. The first kappa shape index (κ1) is 9.80. The molecule has 0 amide bonds. The first-order valence-corrected chi connectivity index (χ1v) is 4.91. The number of aryl methyl sites for hydroxylation is 1. The molecule has 3 heteroatoms. The molecule has 0 saturated heterocycles. The van der Waals surface area contributed by atoms with Gasteiger partial charge >= 0.3 is 0 Å². The van der Waals surface area contributed by atoms with Crippen LogP contribution in [0.1, 0.15) is 5.56 Å². The average molecular weight is 277 g/mol. The van der Waals surface area contributed by atoms with Crippen LogP contribution in [0, 0.1) is 10.5 Å². The lowest BCUT2D eigenvalue weighted by Crippen LogP contribution is -2.10. The molecule has 0 aliphatic carbocycles. The molecule has 0 aliphatic heterocycles. The number of nitrogens with two attached hydrogens (primary N) is 1. The van der Waals surface area contributed by atoms with E-state index in [1.54, 1.807) is 0 Å². The SMILES string of the molecule is Cc1cc(OCCN)ccc1I. The molecule has 66 valence electrons. The van der Waals surface area contributed by atoms with Crippen molar-refractivity contribution >= 4 is 22.6 Å². The summed E-state index contributed by atoms with van der Waals surface area (Å²) in [5.41, 5.74) is 6.56. The van der Waals surface area contributed by atoms with Crippen molar-refractivity contribution in [3.8, 4) is 5.75 Å². The molecule has 0 radical (unpaired) electrons. The molecule has 2 nitrogen and oxygen atoms in total. The highest BCUT2D eigenvalue weighted by atomic mass is 127. The first-order chi connectivity index (χ1) is 5.74. The monoisotopic (exact) mass is 277 g/mol. The highest BCUT2D eigenvalue weighted by molar-refractivity contribution is 14.1. The Kier molecular flexibility index (Phi) is 3.81. The van der Waals surface area contributed by atoms with E-state index in [1.165, 1.54) is 9.13 Å². The molecule has 0 unspecified atom stereocenters. The Morgan fingerprint density at radius 2 is 2.25 bits per heavy atom. The van der Waals surface area contributed by atoms with Gasteiger partial charge in [0, 0.05) is 10.1 Å². The molecule has 12 heavy (non-hydrogen) atoms. The maximum atomic E-state index is 5.36. The van der Waals surface area contributed by atoms with Crippen LogP contribution in [0.15, 0.2) is 18.2 Å². The highest BCUT2D eigenvalue weighted by Gasteiger charge is 1.96. The van der Waals surface area contributed by atoms with Gasteiger partial charge in [-0.1, -0.05) is 0 Å². The van der Waals surface area contributed by atoms with E-state index < -0.39 is 0 Å². The summed E-state index contributed by atoms with van der Waals surface area (Å²) >= 11 is 2.30. The Morgan fingerprint density at radius 1 is 1.50 bits per heavy atom. The van der Waals surface area contributed by atoms with E-state index in [4.69, 9.17) is 10.5 Å². The summed E-state index contributed by atoms with van der Waals surface area (Å²) in [5, 5.41) is 0. The molecule has 1 aromatic carbocycles. The topological polar surface area (TPSA) is 35.2 Å². The van der Waals surface area contributed by atoms with Crippen molar-refractivity contribution in [3.63, 3.8) is 0 Å². The summed E-state index contributed by atoms with van der Waals surface area (Å²) in [7, 11) is 0. The molecule has 0 aliphatic rings. The van der Waals surface area contributed by atoms with Gasteiger partial charge in [-0.25, -0.2) is 0 Å². The average Bonchev–Trinajstić information content (AvgIpc) is 2.07. The minimum absolute atomic E-state index is 0.561. The van der Waals surface area contributed by atoms with Gasteiger partial charge in [0.1, 0.15) is 12.4 Å². The second-order valence-electron chi connectivity index (χ2n) is 2.55. The predicted molar refractivity (Wildman–Crippen MR) is 58.4 cm³/mol. The van der Waals surface area contributed by atoms with Crippen molar-refractivity contribution in [2.45, 2.75) is 6.92 Å². The van der Waals surface area contributed by atoms with Crippen LogP contribution in [-0.2, 0) is 0 Å². The second-order valence-corrected chi connectivity index (χ2v) is 3.71. The molecule has 1 aromatic rings. The van der Waals surface area contributed by atoms with E-state index in [9.17, 15) is 0 Å². The van der Waals surface area contributed by atoms with E-state index in [0.717, 1.165) is 5.75 Å². The number of benzene rings is 1. The third-order valence-corrected chi connectivity index (χ3v) is 2.73. The summed E-state index contributed by atoms with van der Waals surface area (Å²) < 4.78 is 6.62. The molecule has 0 saturated carbocycles. The molecule has 2 N–H and O–H groups in total. The van der Waals surface area contributed by atoms with E-state index in [-0.39, 0.29) is 0 Å². The summed E-state index contributed by atoms with van der Waals surface area (Å²) in [6, 6.07) is 6.03. The summed E-state index contributed by atoms with van der Waals surface area (Å²) in [6.07, 6.45) is 0. The van der Waals surface area contributed by atoms with Crippen LogP contribution in [0.2, 0.25) is 0 Å². The smallest absolute Gasteiger partial charge is 0.119 e. The fraction of sp³-hybridized carbons (Fsp3) is 0.333. The van der Waals surface area contributed by atoms with E-state index >= 15 is 0 Å². The molecule has 0 fully saturated rings. The van der Waals surface area contributed by atoms with Crippen LogP contribution in [0.4, 0.5) is 0 Å².